The lowest BCUT2D eigenvalue weighted by molar-refractivity contribution is 0.102. The van der Waals surface area contributed by atoms with Crippen molar-refractivity contribution in [2.24, 2.45) is 5.84 Å². The molecule has 0 aliphatic heterocycles. The molecular weight excluding hydrogens is 283 g/mol. The maximum atomic E-state index is 13.2. The minimum Gasteiger partial charge on any atom is -0.322 e. The van der Waals surface area contributed by atoms with Gasteiger partial charge in [-0.3, -0.25) is 4.79 Å². The molecule has 1 aromatic heterocycles. The van der Waals surface area contributed by atoms with E-state index in [1.54, 1.807) is 13.0 Å². The summed E-state index contributed by atoms with van der Waals surface area (Å²) >= 11 is 5.89. The second kappa shape index (κ2) is 5.85. The Balaban J connectivity index is 2.24. The second-order valence-electron chi connectivity index (χ2n) is 4.11. The van der Waals surface area contributed by atoms with Crippen LogP contribution in [0.15, 0.2) is 30.5 Å². The van der Waals surface area contributed by atoms with Crippen molar-refractivity contribution in [1.29, 1.82) is 0 Å². The molecule has 0 fully saturated rings. The molecule has 0 unspecified atom stereocenters. The molecule has 20 heavy (non-hydrogen) atoms. The van der Waals surface area contributed by atoms with Crippen LogP contribution in [0.2, 0.25) is 5.02 Å². The lowest BCUT2D eigenvalue weighted by Crippen LogP contribution is -2.15. The summed E-state index contributed by atoms with van der Waals surface area (Å²) in [6.07, 6.45) is 1.32. The van der Waals surface area contributed by atoms with Gasteiger partial charge in [0.05, 0.1) is 10.6 Å². The molecule has 0 atom stereocenters. The van der Waals surface area contributed by atoms with Crippen molar-refractivity contribution in [2.45, 2.75) is 6.92 Å². The summed E-state index contributed by atoms with van der Waals surface area (Å²) in [5.41, 5.74) is 3.70. The van der Waals surface area contributed by atoms with Crippen LogP contribution in [0.4, 0.5) is 15.9 Å². The quantitative estimate of drug-likeness (QED) is 0.600. The van der Waals surface area contributed by atoms with Crippen LogP contribution in [0.3, 0.4) is 0 Å². The number of aryl methyl sites for hydroxylation is 1. The summed E-state index contributed by atoms with van der Waals surface area (Å²) in [6, 6.07) is 5.58. The minimum absolute atomic E-state index is 0.219. The average Bonchev–Trinajstić information content (AvgIpc) is 2.42. The summed E-state index contributed by atoms with van der Waals surface area (Å²) in [5.74, 6) is 4.61. The highest BCUT2D eigenvalue weighted by molar-refractivity contribution is 6.33. The molecule has 1 heterocycles. The van der Waals surface area contributed by atoms with Gasteiger partial charge in [-0.05, 0) is 30.7 Å². The Labute approximate surface area is 119 Å². The van der Waals surface area contributed by atoms with E-state index in [2.05, 4.69) is 15.7 Å². The predicted octanol–water partition coefficient (Wildman–Crippen LogP) is 2.72. The monoisotopic (exact) mass is 294 g/mol. The van der Waals surface area contributed by atoms with Crippen LogP contribution in [0.25, 0.3) is 0 Å². The highest BCUT2D eigenvalue weighted by atomic mass is 35.5. The number of hydrogen-bond donors (Lipinski definition) is 3. The van der Waals surface area contributed by atoms with Gasteiger partial charge in [-0.25, -0.2) is 15.2 Å². The summed E-state index contributed by atoms with van der Waals surface area (Å²) in [7, 11) is 0. The molecule has 0 bridgehead atoms. The fraction of sp³-hybridized carbons (Fsp3) is 0.0769. The largest absolute Gasteiger partial charge is 0.322 e. The fourth-order valence-corrected chi connectivity index (χ4v) is 1.81. The van der Waals surface area contributed by atoms with Gasteiger partial charge in [0.15, 0.2) is 5.82 Å². The SMILES string of the molecule is Cc1ccc(F)cc1NC(=O)c1cnc(NN)c(Cl)c1. The zero-order chi connectivity index (χ0) is 14.7. The molecule has 2 aromatic rings. The van der Waals surface area contributed by atoms with Crippen molar-refractivity contribution in [1.82, 2.24) is 4.98 Å². The van der Waals surface area contributed by atoms with E-state index >= 15 is 0 Å². The molecular formula is C13H12ClFN4O. The Morgan fingerprint density at radius 1 is 1.40 bits per heavy atom. The van der Waals surface area contributed by atoms with Crippen LogP contribution in [0.1, 0.15) is 15.9 Å². The second-order valence-corrected chi connectivity index (χ2v) is 4.52. The number of halogens is 2. The molecule has 4 N–H and O–H groups in total. The molecule has 0 saturated carbocycles. The number of nitrogens with two attached hydrogens (primary N) is 1. The third-order valence-electron chi connectivity index (χ3n) is 2.69. The predicted molar refractivity (Wildman–Crippen MR) is 76.1 cm³/mol. The Morgan fingerprint density at radius 3 is 2.80 bits per heavy atom. The van der Waals surface area contributed by atoms with E-state index in [0.29, 0.717) is 5.69 Å². The molecule has 2 rings (SSSR count). The van der Waals surface area contributed by atoms with Crippen LogP contribution >= 0.6 is 11.6 Å². The molecule has 7 heteroatoms. The van der Waals surface area contributed by atoms with Crippen LogP contribution < -0.4 is 16.6 Å². The van der Waals surface area contributed by atoms with Crippen molar-refractivity contribution in [3.05, 3.63) is 52.4 Å². The van der Waals surface area contributed by atoms with E-state index in [1.165, 1.54) is 24.4 Å². The van der Waals surface area contributed by atoms with Crippen LogP contribution in [0, 0.1) is 12.7 Å². The number of hydrogen-bond acceptors (Lipinski definition) is 4. The lowest BCUT2D eigenvalue weighted by Gasteiger charge is -2.09. The number of benzene rings is 1. The Hall–Kier alpha value is -2.18. The van der Waals surface area contributed by atoms with Gasteiger partial charge in [-0.2, -0.15) is 0 Å². The van der Waals surface area contributed by atoms with Crippen molar-refractivity contribution in [2.75, 3.05) is 10.7 Å². The van der Waals surface area contributed by atoms with Crippen molar-refractivity contribution < 1.29 is 9.18 Å². The van der Waals surface area contributed by atoms with E-state index in [0.717, 1.165) is 5.56 Å². The van der Waals surface area contributed by atoms with Crippen molar-refractivity contribution in [3.8, 4) is 0 Å². The lowest BCUT2D eigenvalue weighted by atomic mass is 10.2. The minimum atomic E-state index is -0.434. The maximum Gasteiger partial charge on any atom is 0.257 e. The molecule has 1 amide bonds. The van der Waals surface area contributed by atoms with E-state index in [-0.39, 0.29) is 16.4 Å². The highest BCUT2D eigenvalue weighted by Gasteiger charge is 2.11. The third kappa shape index (κ3) is 3.04. The maximum absolute atomic E-state index is 13.2. The van der Waals surface area contributed by atoms with Crippen LogP contribution in [-0.4, -0.2) is 10.9 Å². The number of hydrazine groups is 1. The van der Waals surface area contributed by atoms with E-state index in [9.17, 15) is 9.18 Å². The first-order valence-corrected chi connectivity index (χ1v) is 6.08. The molecule has 5 nitrogen and oxygen atoms in total. The fourth-order valence-electron chi connectivity index (χ4n) is 1.59. The molecule has 1 aromatic carbocycles. The number of nitrogens with zero attached hydrogens (tertiary/aromatic N) is 1. The summed E-state index contributed by atoms with van der Waals surface area (Å²) in [5, 5.41) is 2.82. The molecule has 104 valence electrons. The average molecular weight is 295 g/mol. The number of nitrogens with one attached hydrogen (secondary N) is 2. The molecule has 0 saturated heterocycles. The number of carbonyl (C=O) groups excluding carboxylic acids is 1. The smallest absolute Gasteiger partial charge is 0.257 e. The van der Waals surface area contributed by atoms with Crippen LogP contribution in [0.5, 0.6) is 0 Å². The van der Waals surface area contributed by atoms with Gasteiger partial charge in [0.25, 0.3) is 5.91 Å². The molecule has 0 aliphatic rings. The topological polar surface area (TPSA) is 80.0 Å². The highest BCUT2D eigenvalue weighted by Crippen LogP contribution is 2.21. The Morgan fingerprint density at radius 2 is 2.15 bits per heavy atom. The number of rotatable bonds is 3. The summed E-state index contributed by atoms with van der Waals surface area (Å²) in [4.78, 5) is 15.9. The molecule has 0 spiro atoms. The van der Waals surface area contributed by atoms with Gasteiger partial charge in [0, 0.05) is 11.9 Å². The summed E-state index contributed by atoms with van der Waals surface area (Å²) in [6.45, 7) is 1.77. The number of anilines is 2. The number of nitrogen functional groups attached to an aromatic ring is 1. The normalized spacial score (nSPS) is 10.2. The first-order chi connectivity index (χ1) is 9.51. The number of amides is 1. The Bertz CT molecular complexity index is 663. The van der Waals surface area contributed by atoms with E-state index in [4.69, 9.17) is 17.4 Å². The van der Waals surface area contributed by atoms with E-state index < -0.39 is 11.7 Å². The van der Waals surface area contributed by atoms with Gasteiger partial charge in [-0.1, -0.05) is 17.7 Å². The van der Waals surface area contributed by atoms with E-state index in [1.807, 2.05) is 0 Å². The molecule has 0 radical (unpaired) electrons. The van der Waals surface area contributed by atoms with Crippen molar-refractivity contribution >= 4 is 29.0 Å². The zero-order valence-corrected chi connectivity index (χ0v) is 11.3. The Kier molecular flexibility index (Phi) is 4.16. The standard InChI is InChI=1S/C13H12ClFN4O/c1-7-2-3-9(15)5-11(7)18-13(20)8-4-10(14)12(19-16)17-6-8/h2-6H,16H2,1H3,(H,17,19)(H,18,20). The van der Waals surface area contributed by atoms with Gasteiger partial charge in [0.2, 0.25) is 0 Å². The number of pyridine rings is 1. The number of aromatic nitrogens is 1. The zero-order valence-electron chi connectivity index (χ0n) is 10.6. The first-order valence-electron chi connectivity index (χ1n) is 5.71. The van der Waals surface area contributed by atoms with Gasteiger partial charge in [-0.15, -0.1) is 0 Å². The third-order valence-corrected chi connectivity index (χ3v) is 2.98. The number of carbonyl (C=O) groups is 1. The molecule has 0 aliphatic carbocycles. The van der Waals surface area contributed by atoms with Gasteiger partial charge >= 0.3 is 0 Å². The summed E-state index contributed by atoms with van der Waals surface area (Å²) < 4.78 is 13.2. The van der Waals surface area contributed by atoms with Gasteiger partial charge < -0.3 is 10.7 Å². The van der Waals surface area contributed by atoms with Crippen molar-refractivity contribution in [3.63, 3.8) is 0 Å². The first kappa shape index (κ1) is 14.2. The van der Waals surface area contributed by atoms with Gasteiger partial charge in [0.1, 0.15) is 5.82 Å². The van der Waals surface area contributed by atoms with Crippen LogP contribution in [-0.2, 0) is 0 Å².